The Bertz CT molecular complexity index is 1530. The van der Waals surface area contributed by atoms with Crippen molar-refractivity contribution in [3.63, 3.8) is 0 Å². The predicted molar refractivity (Wildman–Crippen MR) is 156 cm³/mol. The van der Waals surface area contributed by atoms with Gasteiger partial charge in [-0.25, -0.2) is 14.4 Å². The summed E-state index contributed by atoms with van der Waals surface area (Å²) in [6, 6.07) is 20.0. The molecule has 0 aliphatic heterocycles. The van der Waals surface area contributed by atoms with Gasteiger partial charge in [0.05, 0.1) is 22.7 Å². The molecule has 4 aromatic carbocycles. The van der Waals surface area contributed by atoms with Crippen molar-refractivity contribution >= 4 is 155 Å². The molecule has 0 heterocycles. The molecule has 0 spiro atoms. The van der Waals surface area contributed by atoms with Crippen molar-refractivity contribution in [1.82, 2.24) is 0 Å². The SMILES string of the molecule is O=C(Nc1ccc(N=Nc2ccc(O)c(C(=O)O)c2)cc1)Nc1ccc(N=Nc2ccc(O)c(C(=O)O)c2)cc1.[K].[K]. The number of amides is 2. The third-order valence-corrected chi connectivity index (χ3v) is 5.23. The zero-order chi connectivity index (χ0) is 28.6. The first kappa shape index (κ1) is 35.4. The zero-order valence-electron chi connectivity index (χ0n) is 22.4. The Morgan fingerprint density at radius 2 is 0.810 bits per heavy atom. The van der Waals surface area contributed by atoms with Crippen LogP contribution in [0.25, 0.3) is 0 Å². The molecule has 15 heteroatoms. The molecule has 0 unspecified atom stereocenters. The van der Waals surface area contributed by atoms with Gasteiger partial charge in [-0.1, -0.05) is 0 Å². The number of anilines is 2. The van der Waals surface area contributed by atoms with Crippen LogP contribution in [0.2, 0.25) is 0 Å². The maximum atomic E-state index is 12.4. The standard InChI is InChI=1S/C27H20N6O7.2K/c34-23-11-9-19(13-21(23)25(36)37)32-30-17-5-1-15(2-6-17)28-27(40)29-16-3-7-18(8-4-16)31-33-20-10-12-24(35)22(14-20)26(38)39;;/h1-14,34-35H,(H,36,37)(H,38,39)(H2,28,29,40);;. The average Bonchev–Trinajstić information content (AvgIpc) is 2.93. The largest absolute Gasteiger partial charge is 0.507 e. The summed E-state index contributed by atoms with van der Waals surface area (Å²) >= 11 is 0. The summed E-state index contributed by atoms with van der Waals surface area (Å²) in [5.74, 6) is -3.31. The Morgan fingerprint density at radius 1 is 0.500 bits per heavy atom. The number of benzene rings is 4. The number of hydrogen-bond donors (Lipinski definition) is 6. The molecule has 2 amide bonds. The number of aromatic hydroxyl groups is 2. The van der Waals surface area contributed by atoms with Gasteiger partial charge < -0.3 is 31.1 Å². The van der Waals surface area contributed by atoms with Crippen LogP contribution < -0.4 is 10.6 Å². The first-order chi connectivity index (χ1) is 19.2. The fraction of sp³-hybridized carbons (Fsp3) is 0. The van der Waals surface area contributed by atoms with E-state index in [1.54, 1.807) is 48.5 Å². The van der Waals surface area contributed by atoms with Crippen molar-refractivity contribution in [3.8, 4) is 11.5 Å². The number of carbonyl (C=O) groups excluding carboxylic acids is 1. The molecule has 0 saturated carbocycles. The molecule has 2 radical (unpaired) electrons. The molecule has 4 aromatic rings. The molecule has 0 bridgehead atoms. The summed E-state index contributed by atoms with van der Waals surface area (Å²) < 4.78 is 0. The number of nitrogens with one attached hydrogen (secondary N) is 2. The van der Waals surface area contributed by atoms with Crippen molar-refractivity contribution < 1.29 is 34.8 Å². The van der Waals surface area contributed by atoms with Crippen LogP contribution in [0.5, 0.6) is 11.5 Å². The number of rotatable bonds is 8. The molecule has 0 atom stereocenters. The second-order valence-corrected chi connectivity index (χ2v) is 8.09. The van der Waals surface area contributed by atoms with E-state index >= 15 is 0 Å². The maximum absolute atomic E-state index is 12.4. The smallest absolute Gasteiger partial charge is 0.339 e. The molecule has 42 heavy (non-hydrogen) atoms. The van der Waals surface area contributed by atoms with Gasteiger partial charge >= 0.3 is 18.0 Å². The van der Waals surface area contributed by atoms with Gasteiger partial charge in [-0.05, 0) is 84.9 Å². The van der Waals surface area contributed by atoms with Gasteiger partial charge in [0.15, 0.2) is 0 Å². The normalized spacial score (nSPS) is 10.5. The van der Waals surface area contributed by atoms with Gasteiger partial charge in [-0.2, -0.15) is 20.5 Å². The van der Waals surface area contributed by atoms with Crippen LogP contribution in [0.4, 0.5) is 38.9 Å². The fourth-order valence-corrected chi connectivity index (χ4v) is 3.26. The first-order valence-corrected chi connectivity index (χ1v) is 11.4. The summed E-state index contributed by atoms with van der Waals surface area (Å²) in [4.78, 5) is 34.6. The van der Waals surface area contributed by atoms with Gasteiger partial charge in [-0.15, -0.1) is 0 Å². The number of nitrogens with zero attached hydrogens (tertiary/aromatic N) is 4. The molecule has 4 rings (SSSR count). The number of carbonyl (C=O) groups is 3. The van der Waals surface area contributed by atoms with Crippen LogP contribution in [0.15, 0.2) is 105 Å². The topological polar surface area (TPSA) is 206 Å². The summed E-state index contributed by atoms with van der Waals surface area (Å²) in [6.45, 7) is 0. The number of urea groups is 1. The Balaban J connectivity index is 0.00000308. The van der Waals surface area contributed by atoms with Crippen molar-refractivity contribution in [3.05, 3.63) is 96.1 Å². The first-order valence-electron chi connectivity index (χ1n) is 11.4. The van der Waals surface area contributed by atoms with Gasteiger partial charge in [0, 0.05) is 114 Å². The molecule has 13 nitrogen and oxygen atoms in total. The second kappa shape index (κ2) is 16.7. The number of carboxylic acid groups (broad SMARTS) is 2. The summed E-state index contributed by atoms with van der Waals surface area (Å²) in [5, 5.41) is 58.6. The second-order valence-electron chi connectivity index (χ2n) is 8.09. The molecule has 0 saturated heterocycles. The van der Waals surface area contributed by atoms with Crippen molar-refractivity contribution in [2.75, 3.05) is 10.6 Å². The summed E-state index contributed by atoms with van der Waals surface area (Å²) in [6.07, 6.45) is 0. The quantitative estimate of drug-likeness (QED) is 0.0993. The van der Waals surface area contributed by atoms with E-state index in [0.717, 1.165) is 0 Å². The fourth-order valence-electron chi connectivity index (χ4n) is 3.26. The van der Waals surface area contributed by atoms with E-state index in [1.165, 1.54) is 36.4 Å². The summed E-state index contributed by atoms with van der Waals surface area (Å²) in [5.41, 5.74) is 1.79. The van der Waals surface area contributed by atoms with E-state index in [4.69, 9.17) is 10.2 Å². The molecule has 202 valence electrons. The maximum Gasteiger partial charge on any atom is 0.339 e. The van der Waals surface area contributed by atoms with Gasteiger partial charge in [-0.3, -0.25) is 0 Å². The number of carboxylic acids is 2. The minimum Gasteiger partial charge on any atom is -0.507 e. The Labute approximate surface area is 323 Å². The Kier molecular flexibility index (Phi) is 14.1. The van der Waals surface area contributed by atoms with Crippen LogP contribution >= 0.6 is 0 Å². The molecular weight excluding hydrogens is 599 g/mol. The monoisotopic (exact) mass is 618 g/mol. The van der Waals surface area contributed by atoms with Gasteiger partial charge in [0.25, 0.3) is 0 Å². The third kappa shape index (κ3) is 10.2. The minimum atomic E-state index is -1.28. The number of aromatic carboxylic acids is 2. The Hall–Kier alpha value is -2.84. The number of hydrogen-bond acceptors (Lipinski definition) is 9. The van der Waals surface area contributed by atoms with E-state index in [2.05, 4.69) is 31.1 Å². The van der Waals surface area contributed by atoms with Crippen LogP contribution in [0.3, 0.4) is 0 Å². The molecular formula is C27H20K2N6O7. The van der Waals surface area contributed by atoms with Crippen molar-refractivity contribution in [2.45, 2.75) is 0 Å². The van der Waals surface area contributed by atoms with Crippen molar-refractivity contribution in [2.24, 2.45) is 20.5 Å². The zero-order valence-corrected chi connectivity index (χ0v) is 28.6. The molecule has 0 aliphatic rings. The van der Waals surface area contributed by atoms with Crippen molar-refractivity contribution in [1.29, 1.82) is 0 Å². The molecule has 0 aliphatic carbocycles. The minimum absolute atomic E-state index is 0. The molecule has 0 fully saturated rings. The predicted octanol–water partition coefficient (Wildman–Crippen LogP) is 6.21. The van der Waals surface area contributed by atoms with Gasteiger partial charge in [0.2, 0.25) is 0 Å². The Morgan fingerprint density at radius 3 is 1.14 bits per heavy atom. The van der Waals surface area contributed by atoms with E-state index < -0.39 is 18.0 Å². The number of azo groups is 2. The van der Waals surface area contributed by atoms with Crippen LogP contribution in [-0.2, 0) is 0 Å². The molecule has 6 N–H and O–H groups in total. The van der Waals surface area contributed by atoms with E-state index in [0.29, 0.717) is 22.7 Å². The third-order valence-electron chi connectivity index (χ3n) is 5.23. The van der Waals surface area contributed by atoms with Crippen LogP contribution in [-0.4, -0.2) is 141 Å². The average molecular weight is 619 g/mol. The van der Waals surface area contributed by atoms with Gasteiger partial charge in [0.1, 0.15) is 22.6 Å². The number of phenols is 2. The van der Waals surface area contributed by atoms with E-state index in [1.807, 2.05) is 0 Å². The van der Waals surface area contributed by atoms with Crippen LogP contribution in [0, 0.1) is 0 Å². The molecule has 0 aromatic heterocycles. The van der Waals surface area contributed by atoms with E-state index in [-0.39, 0.29) is 137 Å². The van der Waals surface area contributed by atoms with E-state index in [9.17, 15) is 24.6 Å². The van der Waals surface area contributed by atoms with Crippen LogP contribution in [0.1, 0.15) is 20.7 Å². The summed E-state index contributed by atoms with van der Waals surface area (Å²) in [7, 11) is 0.